The minimum absolute atomic E-state index is 0.0927. The first-order valence-corrected chi connectivity index (χ1v) is 14.1. The molecule has 0 atom stereocenters. The molecular weight excluding hydrogens is 726 g/mol. The lowest BCUT2D eigenvalue weighted by atomic mass is 10.1. The summed E-state index contributed by atoms with van der Waals surface area (Å²) in [4.78, 5) is 26.2. The van der Waals surface area contributed by atoms with E-state index in [-0.39, 0.29) is 12.2 Å². The zero-order valence-corrected chi connectivity index (χ0v) is 25.5. The van der Waals surface area contributed by atoms with Crippen LogP contribution in [0.1, 0.15) is 38.8 Å². The second-order valence-electron chi connectivity index (χ2n) is 7.53. The van der Waals surface area contributed by atoms with Crippen LogP contribution in [0.5, 0.6) is 5.75 Å². The van der Waals surface area contributed by atoms with Crippen molar-refractivity contribution in [1.82, 2.24) is 0 Å². The lowest BCUT2D eigenvalue weighted by Crippen LogP contribution is -2.16. The zero-order valence-electron chi connectivity index (χ0n) is 19.6. The SMILES string of the molecule is CCOC(=O)c1c(NC(=O)/C(C#N)=C/c2cc(I)c(OCc3ccccc3Cl)c(I)c2)sc(C)c1C. The highest BCUT2D eigenvalue weighted by atomic mass is 127. The number of carbonyl (C=O) groups is 2. The van der Waals surface area contributed by atoms with Crippen molar-refractivity contribution in [2.75, 3.05) is 11.9 Å². The van der Waals surface area contributed by atoms with E-state index in [0.29, 0.717) is 33.5 Å². The van der Waals surface area contributed by atoms with Crippen molar-refractivity contribution in [2.45, 2.75) is 27.4 Å². The summed E-state index contributed by atoms with van der Waals surface area (Å²) in [5.74, 6) is -0.415. The molecule has 10 heteroatoms. The van der Waals surface area contributed by atoms with Gasteiger partial charge in [0.25, 0.3) is 5.91 Å². The van der Waals surface area contributed by atoms with E-state index in [4.69, 9.17) is 21.1 Å². The molecule has 2 aromatic carbocycles. The van der Waals surface area contributed by atoms with Gasteiger partial charge in [-0.05, 0) is 101 Å². The molecule has 0 aliphatic carbocycles. The number of hydrogen-bond acceptors (Lipinski definition) is 6. The zero-order chi connectivity index (χ0) is 26.4. The Kier molecular flexibility index (Phi) is 10.2. The summed E-state index contributed by atoms with van der Waals surface area (Å²) < 4.78 is 12.8. The molecule has 1 N–H and O–H groups in total. The van der Waals surface area contributed by atoms with Gasteiger partial charge >= 0.3 is 5.97 Å². The van der Waals surface area contributed by atoms with Crippen LogP contribution < -0.4 is 10.1 Å². The third-order valence-corrected chi connectivity index (χ3v) is 8.21. The maximum atomic E-state index is 12.9. The summed E-state index contributed by atoms with van der Waals surface area (Å²) in [5.41, 5.74) is 2.51. The van der Waals surface area contributed by atoms with Gasteiger partial charge in [0.05, 0.1) is 19.3 Å². The number of aryl methyl sites for hydroxylation is 1. The predicted octanol–water partition coefficient (Wildman–Crippen LogP) is 7.53. The summed E-state index contributed by atoms with van der Waals surface area (Å²) >= 11 is 11.8. The second kappa shape index (κ2) is 12.9. The quantitative estimate of drug-likeness (QED) is 0.112. The largest absolute Gasteiger partial charge is 0.487 e. The third kappa shape index (κ3) is 6.79. The van der Waals surface area contributed by atoms with Crippen LogP contribution in [-0.4, -0.2) is 18.5 Å². The average Bonchev–Trinajstić information content (AvgIpc) is 3.10. The Morgan fingerprint density at radius 2 is 1.86 bits per heavy atom. The molecule has 186 valence electrons. The molecule has 3 rings (SSSR count). The molecule has 0 unspecified atom stereocenters. The number of nitriles is 1. The fraction of sp³-hybridized carbons (Fsp3) is 0.192. The van der Waals surface area contributed by atoms with Crippen LogP contribution in [0.2, 0.25) is 5.02 Å². The molecule has 3 aromatic rings. The van der Waals surface area contributed by atoms with E-state index in [1.54, 1.807) is 13.8 Å². The fourth-order valence-electron chi connectivity index (χ4n) is 3.22. The Labute approximate surface area is 245 Å². The van der Waals surface area contributed by atoms with E-state index in [9.17, 15) is 14.9 Å². The number of carbonyl (C=O) groups excluding carboxylic acids is 2. The smallest absolute Gasteiger partial charge is 0.341 e. The Balaban J connectivity index is 1.83. The lowest BCUT2D eigenvalue weighted by molar-refractivity contribution is -0.112. The summed E-state index contributed by atoms with van der Waals surface area (Å²) in [5, 5.41) is 13.4. The summed E-state index contributed by atoms with van der Waals surface area (Å²) in [6.45, 7) is 5.91. The highest BCUT2D eigenvalue weighted by Crippen LogP contribution is 2.34. The van der Waals surface area contributed by atoms with E-state index in [2.05, 4.69) is 50.5 Å². The van der Waals surface area contributed by atoms with Crippen molar-refractivity contribution in [3.63, 3.8) is 0 Å². The summed E-state index contributed by atoms with van der Waals surface area (Å²) in [6, 6.07) is 13.1. The second-order valence-corrected chi connectivity index (χ2v) is 11.5. The van der Waals surface area contributed by atoms with Gasteiger partial charge in [0.2, 0.25) is 0 Å². The number of anilines is 1. The van der Waals surface area contributed by atoms with Gasteiger partial charge in [0.15, 0.2) is 0 Å². The van der Waals surface area contributed by atoms with Gasteiger partial charge in [-0.1, -0.05) is 29.8 Å². The standard InChI is InChI=1S/C26H21ClI2N2O4S/c1-4-34-26(33)22-14(2)15(3)36-25(22)31-24(32)18(12-30)9-16-10-20(28)23(21(29)11-16)35-13-17-7-5-6-8-19(17)27/h5-11H,4,13H2,1-3H3,(H,31,32)/b18-9+. The number of nitrogens with one attached hydrogen (secondary N) is 1. The summed E-state index contributed by atoms with van der Waals surface area (Å²) in [6.07, 6.45) is 1.51. The number of benzene rings is 2. The minimum Gasteiger partial charge on any atom is -0.487 e. The van der Waals surface area contributed by atoms with E-state index >= 15 is 0 Å². The van der Waals surface area contributed by atoms with Gasteiger partial charge in [0, 0.05) is 15.5 Å². The Morgan fingerprint density at radius 3 is 2.47 bits per heavy atom. The van der Waals surface area contributed by atoms with Gasteiger partial charge in [-0.2, -0.15) is 5.26 Å². The number of hydrogen-bond donors (Lipinski definition) is 1. The fourth-order valence-corrected chi connectivity index (χ4v) is 6.58. The van der Waals surface area contributed by atoms with Crippen molar-refractivity contribution in [2.24, 2.45) is 0 Å². The molecule has 0 aliphatic rings. The molecule has 0 spiro atoms. The molecule has 0 aliphatic heterocycles. The number of halogens is 3. The van der Waals surface area contributed by atoms with Crippen molar-refractivity contribution >= 4 is 91.1 Å². The lowest BCUT2D eigenvalue weighted by Gasteiger charge is -2.12. The van der Waals surface area contributed by atoms with E-state index in [0.717, 1.165) is 23.1 Å². The highest BCUT2D eigenvalue weighted by Gasteiger charge is 2.23. The molecule has 36 heavy (non-hydrogen) atoms. The molecule has 0 fully saturated rings. The van der Waals surface area contributed by atoms with Crippen molar-refractivity contribution < 1.29 is 19.1 Å². The van der Waals surface area contributed by atoms with Gasteiger partial charge < -0.3 is 14.8 Å². The maximum Gasteiger partial charge on any atom is 0.341 e. The molecule has 1 heterocycles. The molecule has 0 saturated heterocycles. The number of thiophene rings is 1. The van der Waals surface area contributed by atoms with Crippen molar-refractivity contribution in [1.29, 1.82) is 5.26 Å². The minimum atomic E-state index is -0.603. The molecule has 0 bridgehead atoms. The Bertz CT molecular complexity index is 1370. The maximum absolute atomic E-state index is 12.9. The molecule has 0 saturated carbocycles. The van der Waals surface area contributed by atoms with E-state index < -0.39 is 11.9 Å². The van der Waals surface area contributed by atoms with Crippen LogP contribution in [0.15, 0.2) is 42.0 Å². The average molecular weight is 747 g/mol. The topological polar surface area (TPSA) is 88.4 Å². The first-order chi connectivity index (χ1) is 17.2. The molecule has 0 radical (unpaired) electrons. The van der Waals surface area contributed by atoms with Crippen LogP contribution in [0.4, 0.5) is 5.00 Å². The number of esters is 1. The van der Waals surface area contributed by atoms with Crippen LogP contribution in [0, 0.1) is 32.3 Å². The number of ether oxygens (including phenoxy) is 2. The van der Waals surface area contributed by atoms with E-state index in [1.807, 2.05) is 49.4 Å². The molecule has 1 aromatic heterocycles. The molecular formula is C26H21ClI2N2O4S. The number of amides is 1. The Hall–Kier alpha value is -2.14. The first kappa shape index (κ1) is 28.4. The van der Waals surface area contributed by atoms with Crippen LogP contribution in [0.3, 0.4) is 0 Å². The van der Waals surface area contributed by atoms with Gasteiger partial charge in [-0.3, -0.25) is 4.79 Å². The highest BCUT2D eigenvalue weighted by molar-refractivity contribution is 14.1. The summed E-state index contributed by atoms with van der Waals surface area (Å²) in [7, 11) is 0. The van der Waals surface area contributed by atoms with Crippen LogP contribution in [0.25, 0.3) is 6.08 Å². The molecule has 6 nitrogen and oxygen atoms in total. The van der Waals surface area contributed by atoms with Crippen molar-refractivity contribution in [3.8, 4) is 11.8 Å². The monoisotopic (exact) mass is 746 g/mol. The third-order valence-electron chi connectivity index (χ3n) is 5.12. The number of nitrogens with zero attached hydrogens (tertiary/aromatic N) is 1. The van der Waals surface area contributed by atoms with Crippen LogP contribution in [-0.2, 0) is 16.1 Å². The van der Waals surface area contributed by atoms with Gasteiger partial charge in [0.1, 0.15) is 29.0 Å². The van der Waals surface area contributed by atoms with Crippen LogP contribution >= 0.6 is 68.1 Å². The van der Waals surface area contributed by atoms with Gasteiger partial charge in [-0.25, -0.2) is 4.79 Å². The first-order valence-electron chi connectivity index (χ1n) is 10.7. The number of rotatable bonds is 8. The van der Waals surface area contributed by atoms with E-state index in [1.165, 1.54) is 17.4 Å². The van der Waals surface area contributed by atoms with Gasteiger partial charge in [-0.15, -0.1) is 11.3 Å². The molecule has 1 amide bonds. The van der Waals surface area contributed by atoms with Crippen molar-refractivity contribution in [3.05, 3.63) is 81.3 Å². The normalized spacial score (nSPS) is 11.1. The predicted molar refractivity (Wildman–Crippen MR) is 160 cm³/mol. The Morgan fingerprint density at radius 1 is 1.19 bits per heavy atom.